The fourth-order valence-electron chi connectivity index (χ4n) is 4.22. The number of nitrogens with one attached hydrogen (secondary N) is 2. The maximum Gasteiger partial charge on any atom is 0.345 e. The zero-order chi connectivity index (χ0) is 20.3. The van der Waals surface area contributed by atoms with Gasteiger partial charge in [0.1, 0.15) is 5.82 Å². The molecule has 0 saturated carbocycles. The van der Waals surface area contributed by atoms with E-state index in [4.69, 9.17) is 0 Å². The first-order chi connectivity index (χ1) is 14.3. The molecule has 0 radical (unpaired) electrons. The van der Waals surface area contributed by atoms with Gasteiger partial charge in [0, 0.05) is 39.1 Å². The van der Waals surface area contributed by atoms with Gasteiger partial charge in [-0.05, 0) is 65.1 Å². The highest BCUT2D eigenvalue weighted by atomic mass is 127. The zero-order valence-corrected chi connectivity index (χ0v) is 20.9. The SMILES string of the molecule is CCNC(=NCCCn1nc2n(c1=O)CCCC2)NCCCN1CCCCCC1.I. The molecule has 30 heavy (non-hydrogen) atoms. The lowest BCUT2D eigenvalue weighted by Crippen LogP contribution is -2.39. The van der Waals surface area contributed by atoms with Gasteiger partial charge in [-0.2, -0.15) is 5.10 Å². The van der Waals surface area contributed by atoms with Crippen LogP contribution in [-0.4, -0.2) is 64.5 Å². The third-order valence-electron chi connectivity index (χ3n) is 5.82. The number of rotatable bonds is 9. The van der Waals surface area contributed by atoms with E-state index in [0.29, 0.717) is 13.1 Å². The standard InChI is InChI=1S/C21H39N7O.HI/c1-2-22-20(23-12-9-16-26-14-6-3-4-7-15-26)24-13-10-18-28-21(29)27-17-8-5-11-19(27)25-28;/h2-18H2,1H3,(H2,22,23,24);1H. The van der Waals surface area contributed by atoms with E-state index < -0.39 is 0 Å². The van der Waals surface area contributed by atoms with Gasteiger partial charge in [-0.15, -0.1) is 24.0 Å². The van der Waals surface area contributed by atoms with Crippen LogP contribution in [0.4, 0.5) is 0 Å². The van der Waals surface area contributed by atoms with Crippen LogP contribution in [-0.2, 0) is 19.5 Å². The molecule has 1 fully saturated rings. The van der Waals surface area contributed by atoms with E-state index in [1.165, 1.54) is 45.3 Å². The Hall–Kier alpha value is -1.10. The molecule has 2 aliphatic heterocycles. The van der Waals surface area contributed by atoms with E-state index in [0.717, 1.165) is 63.5 Å². The molecule has 8 nitrogen and oxygen atoms in total. The average molecular weight is 534 g/mol. The lowest BCUT2D eigenvalue weighted by Gasteiger charge is -2.20. The van der Waals surface area contributed by atoms with Crippen LogP contribution in [0.2, 0.25) is 0 Å². The smallest absolute Gasteiger partial charge is 0.345 e. The van der Waals surface area contributed by atoms with Gasteiger partial charge >= 0.3 is 5.69 Å². The van der Waals surface area contributed by atoms with E-state index >= 15 is 0 Å². The first-order valence-electron chi connectivity index (χ1n) is 11.7. The van der Waals surface area contributed by atoms with Gasteiger partial charge in [-0.3, -0.25) is 9.56 Å². The minimum Gasteiger partial charge on any atom is -0.357 e. The van der Waals surface area contributed by atoms with Crippen molar-refractivity contribution in [1.29, 1.82) is 0 Å². The molecule has 0 aliphatic carbocycles. The van der Waals surface area contributed by atoms with Crippen LogP contribution in [0.5, 0.6) is 0 Å². The summed E-state index contributed by atoms with van der Waals surface area (Å²) in [7, 11) is 0. The summed E-state index contributed by atoms with van der Waals surface area (Å²) < 4.78 is 3.46. The second kappa shape index (κ2) is 14.1. The molecular formula is C21H40IN7O. The Morgan fingerprint density at radius 1 is 1.00 bits per heavy atom. The van der Waals surface area contributed by atoms with Crippen LogP contribution in [0.25, 0.3) is 0 Å². The summed E-state index contributed by atoms with van der Waals surface area (Å²) in [6, 6.07) is 0. The number of fused-ring (bicyclic) bond motifs is 1. The maximum absolute atomic E-state index is 12.4. The van der Waals surface area contributed by atoms with Gasteiger partial charge in [0.05, 0.1) is 0 Å². The molecule has 1 saturated heterocycles. The molecule has 0 spiro atoms. The van der Waals surface area contributed by atoms with Gasteiger partial charge in [0.2, 0.25) is 0 Å². The molecule has 3 rings (SSSR count). The number of hydrogen-bond acceptors (Lipinski definition) is 4. The van der Waals surface area contributed by atoms with Crippen LogP contribution in [0, 0.1) is 0 Å². The average Bonchev–Trinajstić information content (AvgIpc) is 2.89. The topological polar surface area (TPSA) is 79.5 Å². The van der Waals surface area contributed by atoms with Gasteiger partial charge in [-0.25, -0.2) is 9.48 Å². The van der Waals surface area contributed by atoms with E-state index in [-0.39, 0.29) is 29.7 Å². The third kappa shape index (κ3) is 7.86. The monoisotopic (exact) mass is 533 g/mol. The zero-order valence-electron chi connectivity index (χ0n) is 18.6. The number of guanidine groups is 1. The number of aryl methyl sites for hydroxylation is 2. The van der Waals surface area contributed by atoms with E-state index in [1.807, 2.05) is 4.57 Å². The second-order valence-corrected chi connectivity index (χ2v) is 8.18. The summed E-state index contributed by atoms with van der Waals surface area (Å²) in [6.07, 6.45) is 10.6. The molecule has 3 heterocycles. The van der Waals surface area contributed by atoms with Crippen molar-refractivity contribution < 1.29 is 0 Å². The molecule has 0 aromatic carbocycles. The predicted molar refractivity (Wildman–Crippen MR) is 133 cm³/mol. The Balaban J connectivity index is 0.00000320. The van der Waals surface area contributed by atoms with Gasteiger partial charge < -0.3 is 15.5 Å². The lowest BCUT2D eigenvalue weighted by atomic mass is 10.2. The third-order valence-corrected chi connectivity index (χ3v) is 5.82. The molecule has 1 aromatic rings. The molecule has 0 amide bonds. The minimum absolute atomic E-state index is 0. The number of nitrogens with zero attached hydrogens (tertiary/aromatic N) is 5. The highest BCUT2D eigenvalue weighted by Gasteiger charge is 2.16. The number of hydrogen-bond donors (Lipinski definition) is 2. The molecule has 172 valence electrons. The molecule has 0 atom stereocenters. The number of aromatic nitrogens is 3. The van der Waals surface area contributed by atoms with Crippen molar-refractivity contribution in [1.82, 2.24) is 29.9 Å². The van der Waals surface area contributed by atoms with Crippen LogP contribution in [0.3, 0.4) is 0 Å². The minimum atomic E-state index is 0. The summed E-state index contributed by atoms with van der Waals surface area (Å²) in [5.41, 5.74) is 0.0437. The fraction of sp³-hybridized carbons (Fsp3) is 0.857. The largest absolute Gasteiger partial charge is 0.357 e. The maximum atomic E-state index is 12.4. The molecule has 9 heteroatoms. The Labute approximate surface area is 197 Å². The lowest BCUT2D eigenvalue weighted by molar-refractivity contribution is 0.282. The first-order valence-corrected chi connectivity index (χ1v) is 11.7. The molecular weight excluding hydrogens is 493 g/mol. The van der Waals surface area contributed by atoms with Crippen LogP contribution < -0.4 is 16.3 Å². The highest BCUT2D eigenvalue weighted by molar-refractivity contribution is 14.0. The van der Waals surface area contributed by atoms with Gasteiger partial charge in [-0.1, -0.05) is 12.8 Å². The normalized spacial score (nSPS) is 17.7. The van der Waals surface area contributed by atoms with Crippen molar-refractivity contribution in [3.8, 4) is 0 Å². The second-order valence-electron chi connectivity index (χ2n) is 8.18. The number of aliphatic imine (C=N–C) groups is 1. The van der Waals surface area contributed by atoms with Gasteiger partial charge in [0.15, 0.2) is 5.96 Å². The molecule has 1 aromatic heterocycles. The number of likely N-dealkylation sites (tertiary alicyclic amines) is 1. The van der Waals surface area contributed by atoms with E-state index in [1.54, 1.807) is 4.68 Å². The van der Waals surface area contributed by atoms with Crippen molar-refractivity contribution in [3.05, 3.63) is 16.3 Å². The molecule has 0 unspecified atom stereocenters. The summed E-state index contributed by atoms with van der Waals surface area (Å²) in [6.45, 7) is 9.70. The number of halogens is 1. The summed E-state index contributed by atoms with van der Waals surface area (Å²) in [5.74, 6) is 1.82. The Morgan fingerprint density at radius 2 is 1.77 bits per heavy atom. The molecule has 2 N–H and O–H groups in total. The van der Waals surface area contributed by atoms with E-state index in [2.05, 4.69) is 32.5 Å². The van der Waals surface area contributed by atoms with E-state index in [9.17, 15) is 4.79 Å². The Morgan fingerprint density at radius 3 is 2.50 bits per heavy atom. The van der Waals surface area contributed by atoms with Crippen molar-refractivity contribution in [2.75, 3.05) is 39.3 Å². The van der Waals surface area contributed by atoms with Crippen molar-refractivity contribution in [2.24, 2.45) is 4.99 Å². The summed E-state index contributed by atoms with van der Waals surface area (Å²) in [5, 5.41) is 11.3. The molecule has 2 aliphatic rings. The van der Waals surface area contributed by atoms with Crippen LogP contribution in [0.15, 0.2) is 9.79 Å². The van der Waals surface area contributed by atoms with Crippen molar-refractivity contribution >= 4 is 29.9 Å². The Kier molecular flexibility index (Phi) is 11.8. The fourth-order valence-corrected chi connectivity index (χ4v) is 4.22. The van der Waals surface area contributed by atoms with Gasteiger partial charge in [0.25, 0.3) is 0 Å². The highest BCUT2D eigenvalue weighted by Crippen LogP contribution is 2.10. The van der Waals surface area contributed by atoms with Crippen LogP contribution in [0.1, 0.15) is 64.1 Å². The van der Waals surface area contributed by atoms with Crippen molar-refractivity contribution in [3.63, 3.8) is 0 Å². The summed E-state index contributed by atoms with van der Waals surface area (Å²) >= 11 is 0. The molecule has 0 bridgehead atoms. The predicted octanol–water partition coefficient (Wildman–Crippen LogP) is 2.21. The Bertz CT molecular complexity index is 692. The first kappa shape index (κ1) is 25.2. The quantitative estimate of drug-likeness (QED) is 0.220. The summed E-state index contributed by atoms with van der Waals surface area (Å²) in [4.78, 5) is 19.6. The van der Waals surface area contributed by atoms with Crippen LogP contribution >= 0.6 is 24.0 Å². The van der Waals surface area contributed by atoms with Crippen molar-refractivity contribution in [2.45, 2.75) is 77.8 Å².